The van der Waals surface area contributed by atoms with Crippen molar-refractivity contribution in [2.45, 2.75) is 49.9 Å². The van der Waals surface area contributed by atoms with Gasteiger partial charge in [-0.15, -0.1) is 0 Å². The monoisotopic (exact) mass is 562 g/mol. The van der Waals surface area contributed by atoms with E-state index in [-0.39, 0.29) is 28.0 Å². The largest absolute Gasteiger partial charge is 0.434 e. The fourth-order valence-corrected chi connectivity index (χ4v) is 5.73. The summed E-state index contributed by atoms with van der Waals surface area (Å²) in [7, 11) is 0. The number of pyridine rings is 1. The van der Waals surface area contributed by atoms with Crippen LogP contribution in [0.1, 0.15) is 44.8 Å². The van der Waals surface area contributed by atoms with Crippen molar-refractivity contribution in [1.29, 1.82) is 0 Å². The van der Waals surface area contributed by atoms with E-state index < -0.39 is 5.82 Å². The fourth-order valence-electron chi connectivity index (χ4n) is 4.99. The van der Waals surface area contributed by atoms with E-state index in [2.05, 4.69) is 15.0 Å². The van der Waals surface area contributed by atoms with Crippen molar-refractivity contribution in [1.82, 2.24) is 24.7 Å². The van der Waals surface area contributed by atoms with E-state index in [4.69, 9.17) is 42.6 Å². The minimum absolute atomic E-state index is 0.110. The molecular weight excluding hydrogens is 538 g/mol. The van der Waals surface area contributed by atoms with E-state index in [9.17, 15) is 0 Å². The Kier molecular flexibility index (Phi) is 7.00. The minimum Gasteiger partial charge on any atom is -0.434 e. The summed E-state index contributed by atoms with van der Waals surface area (Å²) in [6.45, 7) is 2.43. The van der Waals surface area contributed by atoms with E-state index >= 15 is 4.39 Å². The predicted octanol–water partition coefficient (Wildman–Crippen LogP) is 7.02. The van der Waals surface area contributed by atoms with Gasteiger partial charge >= 0.3 is 0 Å². The first-order chi connectivity index (χ1) is 18.0. The molecule has 0 spiro atoms. The molecule has 2 aliphatic heterocycles. The summed E-state index contributed by atoms with van der Waals surface area (Å²) in [6.07, 6.45) is 9.44. The van der Waals surface area contributed by atoms with E-state index in [1.807, 2.05) is 6.26 Å². The highest BCUT2D eigenvalue weighted by Gasteiger charge is 2.26. The summed E-state index contributed by atoms with van der Waals surface area (Å²) >= 11 is 14.3. The van der Waals surface area contributed by atoms with Gasteiger partial charge in [-0.2, -0.15) is 10.1 Å². The van der Waals surface area contributed by atoms with Crippen LogP contribution in [0.25, 0.3) is 21.8 Å². The van der Waals surface area contributed by atoms with Crippen LogP contribution in [0.2, 0.25) is 10.2 Å². The molecule has 2 saturated heterocycles. The molecule has 4 aromatic rings. The third kappa shape index (κ3) is 4.69. The van der Waals surface area contributed by atoms with Crippen molar-refractivity contribution in [3.63, 3.8) is 0 Å². The van der Waals surface area contributed by atoms with Crippen molar-refractivity contribution in [2.75, 3.05) is 30.9 Å². The van der Waals surface area contributed by atoms with Gasteiger partial charge in [0.15, 0.2) is 17.1 Å². The van der Waals surface area contributed by atoms with E-state index in [1.54, 1.807) is 16.9 Å². The molecule has 37 heavy (non-hydrogen) atoms. The molecule has 3 aromatic heterocycles. The Morgan fingerprint density at radius 2 is 1.89 bits per heavy atom. The van der Waals surface area contributed by atoms with E-state index in [1.165, 1.54) is 24.2 Å². The zero-order valence-corrected chi connectivity index (χ0v) is 22.5. The summed E-state index contributed by atoms with van der Waals surface area (Å²) in [5, 5.41) is 6.40. The van der Waals surface area contributed by atoms with Gasteiger partial charge < -0.3 is 14.4 Å². The Morgan fingerprint density at radius 1 is 1.05 bits per heavy atom. The molecule has 0 aliphatic carbocycles. The predicted molar refractivity (Wildman–Crippen MR) is 144 cm³/mol. The Labute approximate surface area is 227 Å². The van der Waals surface area contributed by atoms with Gasteiger partial charge in [-0.3, -0.25) is 0 Å². The van der Waals surface area contributed by atoms with Gasteiger partial charge in [-0.1, -0.05) is 35.0 Å². The molecule has 0 N–H and O–H groups in total. The quantitative estimate of drug-likeness (QED) is 0.146. The van der Waals surface area contributed by atoms with E-state index in [0.717, 1.165) is 56.4 Å². The van der Waals surface area contributed by atoms with Crippen LogP contribution in [-0.2, 0) is 4.74 Å². The third-order valence-corrected chi connectivity index (χ3v) is 7.89. The average molecular weight is 563 g/mol. The van der Waals surface area contributed by atoms with Gasteiger partial charge in [0.2, 0.25) is 5.88 Å². The molecule has 8 nitrogen and oxygen atoms in total. The van der Waals surface area contributed by atoms with Gasteiger partial charge in [0.25, 0.3) is 0 Å². The first-order valence-electron chi connectivity index (χ1n) is 12.4. The lowest BCUT2D eigenvalue weighted by molar-refractivity contribution is -0.0366. The Balaban J connectivity index is 1.49. The molecule has 1 unspecified atom stereocenters. The van der Waals surface area contributed by atoms with Crippen LogP contribution in [0, 0.1) is 5.82 Å². The number of nitrogens with zero attached hydrogens (tertiary/aromatic N) is 6. The molecule has 6 rings (SSSR count). The molecule has 1 atom stereocenters. The molecule has 1 aromatic carbocycles. The van der Waals surface area contributed by atoms with Crippen LogP contribution in [0.4, 0.5) is 10.2 Å². The van der Waals surface area contributed by atoms with Crippen molar-refractivity contribution in [3.8, 4) is 11.6 Å². The molecule has 2 fully saturated rings. The van der Waals surface area contributed by atoms with Gasteiger partial charge in [0, 0.05) is 25.8 Å². The summed E-state index contributed by atoms with van der Waals surface area (Å²) in [4.78, 5) is 16.2. The fraction of sp³-hybridized carbons (Fsp3) is 0.440. The smallest absolute Gasteiger partial charge is 0.247 e. The van der Waals surface area contributed by atoms with Crippen LogP contribution in [0.3, 0.4) is 0 Å². The maximum absolute atomic E-state index is 15.1. The number of hydrogen-bond donors (Lipinski definition) is 0. The minimum atomic E-state index is -0.624. The average Bonchev–Trinajstić information content (AvgIpc) is 3.35. The lowest BCUT2D eigenvalue weighted by Gasteiger charge is -2.29. The molecule has 12 heteroatoms. The second-order valence-electron chi connectivity index (χ2n) is 9.17. The van der Waals surface area contributed by atoms with Crippen molar-refractivity contribution >= 4 is 62.6 Å². The Hall–Kier alpha value is -2.40. The number of fused-ring (bicyclic) bond motifs is 2. The number of benzene rings is 1. The second kappa shape index (κ2) is 10.4. The molecule has 0 saturated carbocycles. The van der Waals surface area contributed by atoms with Crippen molar-refractivity contribution < 1.29 is 13.9 Å². The number of hydrogen-bond acceptors (Lipinski definition) is 8. The molecule has 2 aliphatic rings. The lowest BCUT2D eigenvalue weighted by atomic mass is 10.1. The van der Waals surface area contributed by atoms with Gasteiger partial charge in [-0.25, -0.2) is 19.0 Å². The van der Waals surface area contributed by atoms with Crippen LogP contribution < -0.4 is 9.64 Å². The zero-order valence-electron chi connectivity index (χ0n) is 20.2. The number of piperidine rings is 1. The highest BCUT2D eigenvalue weighted by molar-refractivity contribution is 7.98. The Morgan fingerprint density at radius 3 is 2.65 bits per heavy atom. The Bertz CT molecular complexity index is 1470. The summed E-state index contributed by atoms with van der Waals surface area (Å²) in [6, 6.07) is 3.11. The maximum atomic E-state index is 15.1. The molecule has 0 bridgehead atoms. The first-order valence-corrected chi connectivity index (χ1v) is 14.3. The lowest BCUT2D eigenvalue weighted by Crippen LogP contribution is -2.30. The van der Waals surface area contributed by atoms with Crippen molar-refractivity contribution in [2.24, 2.45) is 0 Å². The maximum Gasteiger partial charge on any atom is 0.247 e. The SMILES string of the molecule is CSc1nc(N2CCCCC2)c2cc(Cl)nc(Oc3c(Cl)c(F)cc4c3cnn4C3CCCCO3)c2n1. The number of anilines is 1. The van der Waals surface area contributed by atoms with Gasteiger partial charge in [-0.05, 0) is 50.8 Å². The van der Waals surface area contributed by atoms with Gasteiger partial charge in [0.05, 0.1) is 22.5 Å². The second-order valence-corrected chi connectivity index (χ2v) is 10.7. The third-order valence-electron chi connectivity index (χ3n) is 6.80. The zero-order chi connectivity index (χ0) is 25.5. The molecule has 194 valence electrons. The summed E-state index contributed by atoms with van der Waals surface area (Å²) < 4.78 is 28.9. The van der Waals surface area contributed by atoms with Crippen LogP contribution in [0.5, 0.6) is 11.6 Å². The number of thioether (sulfide) groups is 1. The summed E-state index contributed by atoms with van der Waals surface area (Å²) in [5.74, 6) is 0.412. The first kappa shape index (κ1) is 24.9. The number of halogens is 3. The highest BCUT2D eigenvalue weighted by Crippen LogP contribution is 2.42. The molecule has 0 radical (unpaired) electrons. The van der Waals surface area contributed by atoms with E-state index in [0.29, 0.717) is 28.2 Å². The summed E-state index contributed by atoms with van der Waals surface area (Å²) in [5.41, 5.74) is 1.02. The molecule has 5 heterocycles. The highest BCUT2D eigenvalue weighted by atomic mass is 35.5. The number of ether oxygens (including phenoxy) is 2. The molecular formula is C25H25Cl2FN6O2S. The normalized spacial score (nSPS) is 18.6. The standard InChI is InChI=1S/C25H25Cl2FN6O2S/c1-37-25-31-21-14(23(32-25)33-8-4-2-5-9-33)11-18(26)30-24(21)36-22-15-13-29-34(19-7-3-6-10-35-19)17(15)12-16(28)20(22)27/h11-13,19H,2-10H2,1H3. The topological polar surface area (TPSA) is 78.2 Å². The van der Waals surface area contributed by atoms with Crippen LogP contribution in [0.15, 0.2) is 23.5 Å². The number of aromatic nitrogens is 5. The van der Waals surface area contributed by atoms with Crippen LogP contribution >= 0.6 is 35.0 Å². The van der Waals surface area contributed by atoms with Gasteiger partial charge in [0.1, 0.15) is 27.3 Å². The van der Waals surface area contributed by atoms with Crippen molar-refractivity contribution in [3.05, 3.63) is 34.3 Å². The molecule has 0 amide bonds. The number of rotatable bonds is 5. The van der Waals surface area contributed by atoms with Crippen LogP contribution in [-0.4, -0.2) is 50.7 Å².